The molecule has 6 aromatic carbocycles. The lowest BCUT2D eigenvalue weighted by Crippen LogP contribution is -2.30. The number of benzene rings is 6. The van der Waals surface area contributed by atoms with Gasteiger partial charge in [0.2, 0.25) is 0 Å². The molecule has 0 N–H and O–H groups in total. The number of hydrogen-bond acceptors (Lipinski definition) is 10. The molecule has 2 aromatic heterocycles. The monoisotopic (exact) mass is 1390 g/mol. The van der Waals surface area contributed by atoms with Gasteiger partial charge >= 0.3 is 0 Å². The van der Waals surface area contributed by atoms with E-state index in [4.69, 9.17) is 196 Å². The lowest BCUT2D eigenvalue weighted by molar-refractivity contribution is 0.0872. The molecule has 0 saturated heterocycles. The van der Waals surface area contributed by atoms with Gasteiger partial charge in [0.15, 0.2) is 23.1 Å². The predicted molar refractivity (Wildman–Crippen MR) is 317 cm³/mol. The molecular weight excluding hydrogens is 1390 g/mol. The van der Waals surface area contributed by atoms with E-state index in [1.54, 1.807) is 12.1 Å². The fourth-order valence-electron chi connectivity index (χ4n) is 10.4. The minimum atomic E-state index is -1.66. The highest BCUT2D eigenvalue weighted by molar-refractivity contribution is 6.60. The third-order valence-electron chi connectivity index (χ3n) is 14.0. The quantitative estimate of drug-likeness (QED) is 0.0676. The van der Waals surface area contributed by atoms with Gasteiger partial charge in [-0.05, 0) is 53.9 Å². The zero-order valence-electron chi connectivity index (χ0n) is 38.6. The summed E-state index contributed by atoms with van der Waals surface area (Å²) in [6.45, 7) is 0. The first kappa shape index (κ1) is 57.2. The van der Waals surface area contributed by atoms with Crippen LogP contribution in [-0.4, -0.2) is 56.7 Å². The average Bonchev–Trinajstić information content (AvgIpc) is 4.08. The first-order chi connectivity index (χ1) is 38.2. The van der Waals surface area contributed by atoms with Crippen molar-refractivity contribution in [1.82, 2.24) is 9.97 Å². The van der Waals surface area contributed by atoms with Crippen molar-refractivity contribution < 1.29 is 38.4 Å². The number of nitrogens with zero attached hydrogens (tertiary/aromatic N) is 4. The molecule has 12 nitrogen and oxygen atoms in total. The highest BCUT2D eigenvalue weighted by Crippen LogP contribution is 2.53. The second-order valence-corrected chi connectivity index (χ2v) is 24.3. The second-order valence-electron chi connectivity index (χ2n) is 18.3. The fourth-order valence-corrected chi connectivity index (χ4v) is 14.5. The summed E-state index contributed by atoms with van der Waals surface area (Å²) in [6.07, 6.45) is -0.166. The maximum Gasteiger partial charge on any atom is 0.267 e. The zero-order chi connectivity index (χ0) is 58.3. The molecule has 28 heteroatoms. The third-order valence-corrected chi connectivity index (χ3v) is 21.2. The van der Waals surface area contributed by atoms with Crippen LogP contribution < -0.4 is 9.80 Å². The Balaban J connectivity index is 1.04. The molecule has 12 rings (SSSR count). The normalized spacial score (nSPS) is 15.3. The second kappa shape index (κ2) is 20.2. The Bertz CT molecular complexity index is 4100. The molecule has 2 aliphatic carbocycles. The predicted octanol–water partition coefficient (Wildman–Crippen LogP) is 18.8. The minimum absolute atomic E-state index is 0.113. The summed E-state index contributed by atoms with van der Waals surface area (Å²) >= 11 is 103. The Hall–Kier alpha value is -4.26. The number of carbonyl (C=O) groups excluding carboxylic acids is 8. The number of aromatic nitrogens is 2. The van der Waals surface area contributed by atoms with E-state index in [0.717, 1.165) is 0 Å². The summed E-state index contributed by atoms with van der Waals surface area (Å²) in [5.41, 5.74) is -3.16. The van der Waals surface area contributed by atoms with Gasteiger partial charge in [0.1, 0.15) is 11.8 Å². The van der Waals surface area contributed by atoms with Crippen LogP contribution in [0.5, 0.6) is 0 Å². The first-order valence-electron chi connectivity index (χ1n) is 22.5. The van der Waals surface area contributed by atoms with E-state index in [1.165, 1.54) is 36.4 Å². The molecule has 8 aromatic rings. The van der Waals surface area contributed by atoms with Crippen LogP contribution in [0, 0.1) is 0 Å². The molecule has 0 unspecified atom stereocenters. The van der Waals surface area contributed by atoms with Gasteiger partial charge in [-0.1, -0.05) is 198 Å². The maximum absolute atomic E-state index is 14.7. The molecular formula is C53H12Cl16N4O8. The van der Waals surface area contributed by atoms with Gasteiger partial charge in [-0.15, -0.1) is 0 Å². The largest absolute Gasteiger partial charge is 0.293 e. The number of amides is 4. The van der Waals surface area contributed by atoms with Crippen molar-refractivity contribution >= 4 is 266 Å². The van der Waals surface area contributed by atoms with E-state index in [9.17, 15) is 38.4 Å². The Labute approximate surface area is 532 Å². The van der Waals surface area contributed by atoms with Crippen molar-refractivity contribution in [3.63, 3.8) is 0 Å². The molecule has 0 spiro atoms. The van der Waals surface area contributed by atoms with Crippen molar-refractivity contribution in [3.8, 4) is 0 Å². The molecule has 0 saturated carbocycles. The first-order valence-corrected chi connectivity index (χ1v) is 28.5. The van der Waals surface area contributed by atoms with Crippen LogP contribution in [0.2, 0.25) is 80.4 Å². The maximum atomic E-state index is 14.7. The van der Waals surface area contributed by atoms with Crippen LogP contribution in [-0.2, 0) is 6.42 Å². The number of pyridine rings is 2. The molecule has 0 bridgehead atoms. The number of hydrogen-bond donors (Lipinski definition) is 0. The fraction of sp³-hybridized carbons (Fsp3) is 0.0566. The third kappa shape index (κ3) is 8.08. The molecule has 4 heterocycles. The molecule has 81 heavy (non-hydrogen) atoms. The Morgan fingerprint density at radius 2 is 0.543 bits per heavy atom. The van der Waals surface area contributed by atoms with E-state index < -0.39 is 101 Å². The SMILES string of the molecule is O=C1c2c(Cl)c(Cl)c(Cl)c(Cl)c2C(=O)C1c1ccc2cc(Cc3cc(N4C(=O)c5c(Cl)c(Cl)c(Cl)c(Cl)c5C4=O)c4nc(C5C(=O)c6c(Cl)c(Cl)c(Cl)c(Cl)c6C5=O)ccc4c3)cc(N3C(=O)c4c(Cl)c(Cl)c(Cl)c(Cl)c4C3=O)c2n1. The van der Waals surface area contributed by atoms with E-state index in [0.29, 0.717) is 20.9 Å². The molecule has 0 radical (unpaired) electrons. The van der Waals surface area contributed by atoms with E-state index in [1.807, 2.05) is 0 Å². The zero-order valence-corrected chi connectivity index (χ0v) is 50.7. The smallest absolute Gasteiger partial charge is 0.267 e. The van der Waals surface area contributed by atoms with E-state index in [-0.39, 0.29) is 134 Å². The van der Waals surface area contributed by atoms with Crippen LogP contribution in [0.3, 0.4) is 0 Å². The molecule has 2 aliphatic heterocycles. The summed E-state index contributed by atoms with van der Waals surface area (Å²) in [5, 5.41) is -4.77. The number of halogens is 16. The lowest BCUT2D eigenvalue weighted by atomic mass is 9.95. The summed E-state index contributed by atoms with van der Waals surface area (Å²) < 4.78 is 0. The van der Waals surface area contributed by atoms with Gasteiger partial charge in [0.05, 0.1) is 159 Å². The van der Waals surface area contributed by atoms with Gasteiger partial charge in [0.25, 0.3) is 23.6 Å². The summed E-state index contributed by atoms with van der Waals surface area (Å²) in [7, 11) is 0. The Morgan fingerprint density at radius 3 is 0.790 bits per heavy atom. The highest BCUT2D eigenvalue weighted by atomic mass is 35.5. The molecule has 4 aliphatic rings. The summed E-state index contributed by atoms with van der Waals surface area (Å²) in [5.74, 6) is -10.7. The Kier molecular flexibility index (Phi) is 14.3. The van der Waals surface area contributed by atoms with Crippen molar-refractivity contribution in [2.75, 3.05) is 9.80 Å². The standard InChI is InChI=1S/C53H12Cl16N4O8/c54-28-20-21(29(55)37(63)36(28)62)47(75)18(46(20)74)14-3-1-12-6-10(8-16(44(12)70-14)72-50(78)24-25(51(72)79)33(59)41(67)40(66)32(24)58)5-11-7-13-2-4-15(19-48(76)22-23(49(19)77)31(57)39(65)38(64)30(22)56)71-45(13)17(9-11)73-52(80)26-27(53(73)81)35(61)43(69)42(68)34(26)60/h1-4,6-9,18-19H,5H2. The number of fused-ring (bicyclic) bond motifs is 6. The number of carbonyl (C=O) groups is 8. The van der Waals surface area contributed by atoms with Crippen LogP contribution in [0.1, 0.15) is 117 Å². The van der Waals surface area contributed by atoms with E-state index in [2.05, 4.69) is 0 Å². The highest BCUT2D eigenvalue weighted by Gasteiger charge is 2.49. The van der Waals surface area contributed by atoms with Gasteiger partial charge < -0.3 is 0 Å². The number of Topliss-reactive ketones (excluding diaryl/α,β-unsaturated/α-hetero) is 4. The molecule has 4 amide bonds. The van der Waals surface area contributed by atoms with Crippen LogP contribution in [0.25, 0.3) is 21.8 Å². The van der Waals surface area contributed by atoms with Gasteiger partial charge in [0, 0.05) is 10.8 Å². The van der Waals surface area contributed by atoms with Gasteiger partial charge in [-0.25, -0.2) is 19.8 Å². The summed E-state index contributed by atoms with van der Waals surface area (Å²) in [6, 6.07) is 11.6. The number of imide groups is 2. The average molecular weight is 1400 g/mol. The Morgan fingerprint density at radius 1 is 0.309 bits per heavy atom. The van der Waals surface area contributed by atoms with Crippen LogP contribution in [0.15, 0.2) is 48.5 Å². The van der Waals surface area contributed by atoms with Crippen LogP contribution in [0.4, 0.5) is 11.4 Å². The van der Waals surface area contributed by atoms with Crippen molar-refractivity contribution in [2.45, 2.75) is 18.3 Å². The minimum Gasteiger partial charge on any atom is -0.293 e. The van der Waals surface area contributed by atoms with Gasteiger partial charge in [-0.3, -0.25) is 38.4 Å². The number of ketones is 4. The molecule has 0 atom stereocenters. The number of anilines is 2. The van der Waals surface area contributed by atoms with Crippen LogP contribution >= 0.6 is 186 Å². The topological polar surface area (TPSA) is 169 Å². The summed E-state index contributed by atoms with van der Waals surface area (Å²) in [4.78, 5) is 126. The van der Waals surface area contributed by atoms with E-state index >= 15 is 0 Å². The molecule has 404 valence electrons. The molecule has 0 fully saturated rings. The lowest BCUT2D eigenvalue weighted by Gasteiger charge is -2.20. The van der Waals surface area contributed by atoms with Crippen molar-refractivity contribution in [1.29, 1.82) is 0 Å². The van der Waals surface area contributed by atoms with Crippen molar-refractivity contribution in [3.05, 3.63) is 196 Å². The van der Waals surface area contributed by atoms with Gasteiger partial charge in [-0.2, -0.15) is 0 Å². The number of rotatable bonds is 6. The van der Waals surface area contributed by atoms with Crippen molar-refractivity contribution in [2.24, 2.45) is 0 Å².